The monoisotopic (exact) mass is 2380 g/mol. The Morgan fingerprint density at radius 1 is 0.398 bits per heavy atom. The van der Waals surface area contributed by atoms with E-state index in [1.165, 1.54) is 6.26 Å². The third-order valence-corrected chi connectivity index (χ3v) is 15.6. The number of oxazole rings is 1. The predicted molar refractivity (Wildman–Crippen MR) is 357 cm³/mol. The van der Waals surface area contributed by atoms with Crippen LogP contribution in [0.25, 0.3) is 129 Å². The number of aliphatic imine (C=N–C) groups is 1. The molecular weight excluding hydrogens is 2320 g/mol. The van der Waals surface area contributed by atoms with Crippen molar-refractivity contribution in [3.05, 3.63) is 236 Å². The van der Waals surface area contributed by atoms with E-state index in [-0.39, 0.29) is 132 Å². The summed E-state index contributed by atoms with van der Waals surface area (Å²) in [6.07, 6.45) is 13.7. The van der Waals surface area contributed by atoms with Crippen molar-refractivity contribution in [1.82, 2.24) is 93.9 Å². The third kappa shape index (κ3) is 17.8. The average Bonchev–Trinajstić information content (AvgIpc) is 1.66. The van der Waals surface area contributed by atoms with Crippen molar-refractivity contribution in [3.8, 4) is 57.4 Å². The fourth-order valence-corrected chi connectivity index (χ4v) is 10.0. The number of nitrogens with zero attached hydrogens (tertiary/aromatic N) is 21. The van der Waals surface area contributed by atoms with Gasteiger partial charge in [0, 0.05) is 194 Å². The molecule has 0 spiro atoms. The Kier molecular flexibility index (Phi) is 27.6. The first-order valence-corrected chi connectivity index (χ1v) is 30.0. The summed E-state index contributed by atoms with van der Waals surface area (Å²) in [6, 6.07) is 54.5. The smallest absolute Gasteiger partial charge is 0.217 e. The van der Waals surface area contributed by atoms with Gasteiger partial charge >= 0.3 is 0 Å². The van der Waals surface area contributed by atoms with E-state index in [2.05, 4.69) is 129 Å². The summed E-state index contributed by atoms with van der Waals surface area (Å²) in [5.74, 6) is 6.08. The van der Waals surface area contributed by atoms with Crippen LogP contribution in [0.5, 0.6) is 0 Å². The molecule has 98 heavy (non-hydrogen) atoms. The molecule has 12 aromatic heterocycles. The molecule has 0 atom stereocenters. The summed E-state index contributed by atoms with van der Waals surface area (Å²) >= 11 is 1.56. The zero-order valence-corrected chi connectivity index (χ0v) is 67.8. The van der Waals surface area contributed by atoms with Crippen LogP contribution >= 0.6 is 11.3 Å². The van der Waals surface area contributed by atoms with Crippen LogP contribution in [0.4, 0.5) is 0 Å². The van der Waals surface area contributed by atoms with Gasteiger partial charge in [-0.15, -0.1) is 11.3 Å². The number of aryl methyl sites for hydroxylation is 2. The number of benzene rings is 5. The van der Waals surface area contributed by atoms with Gasteiger partial charge in [-0.2, -0.15) is 0 Å². The SMILES string of the molecule is CC1(C)N=C(c2ccccn2)[N-]C1(C)C.Cn1c(-c2nc3ccccc3[n-]2)nc2ccccc21.Cn1ccnc1-c1nc2ccccc2[n-]1.[Ir].[Ir].[Ir].[Ir].[Ir].[Ir].c1ccc(-c2nc3cccnc3[n-]2)nc1.c1ccc2[n-]c(-c3ncco3)nc2c1.c1ccc2[n-]c(-c3nccs3)nc2c1. The van der Waals surface area contributed by atoms with E-state index in [4.69, 9.17) is 4.42 Å². The largest absolute Gasteiger partial charge is 0.457 e. The maximum absolute atomic E-state index is 5.11. The van der Waals surface area contributed by atoms with Crippen molar-refractivity contribution in [2.75, 3.05) is 0 Å². The van der Waals surface area contributed by atoms with E-state index in [9.17, 15) is 0 Å². The number of para-hydroxylation sites is 10. The molecule has 6 radical (unpaired) electrons. The molecule has 0 aliphatic carbocycles. The second kappa shape index (κ2) is 35.0. The number of hydrogen-bond acceptors (Lipinski definition) is 15. The number of fused-ring (bicyclic) bond motifs is 6. The summed E-state index contributed by atoms with van der Waals surface area (Å²) in [6.45, 7) is 8.41. The predicted octanol–water partition coefficient (Wildman–Crippen LogP) is 12.9. The molecule has 22 nitrogen and oxygen atoms in total. The second-order valence-electron chi connectivity index (χ2n) is 21.7. The van der Waals surface area contributed by atoms with Gasteiger partial charge < -0.3 is 78.7 Å². The quantitative estimate of drug-likeness (QED) is 0.150. The van der Waals surface area contributed by atoms with E-state index in [0.29, 0.717) is 34.8 Å². The molecule has 0 amide bonds. The molecule has 0 fully saturated rings. The molecule has 29 heteroatoms. The zero-order valence-electron chi connectivity index (χ0n) is 52.6. The Morgan fingerprint density at radius 3 is 1.38 bits per heavy atom. The van der Waals surface area contributed by atoms with Crippen LogP contribution in [0.15, 0.2) is 234 Å². The summed E-state index contributed by atoms with van der Waals surface area (Å²) in [4.78, 5) is 78.2. The summed E-state index contributed by atoms with van der Waals surface area (Å²) in [5, 5.41) is 7.43. The first-order valence-electron chi connectivity index (χ1n) is 29.1. The van der Waals surface area contributed by atoms with Crippen LogP contribution in [0.1, 0.15) is 33.4 Å². The number of pyridine rings is 3. The van der Waals surface area contributed by atoms with Gasteiger partial charge in [0.2, 0.25) is 5.89 Å². The molecule has 13 heterocycles. The van der Waals surface area contributed by atoms with Crippen molar-refractivity contribution in [3.63, 3.8) is 0 Å². The number of aromatic nitrogens is 19. The molecule has 0 unspecified atom stereocenters. The van der Waals surface area contributed by atoms with Crippen LogP contribution in [-0.4, -0.2) is 85.9 Å². The minimum absolute atomic E-state index is 0. The Bertz CT molecular complexity index is 5030. The maximum Gasteiger partial charge on any atom is 0.217 e. The van der Waals surface area contributed by atoms with Crippen LogP contribution in [-0.2, 0) is 135 Å². The average molecular weight is 2380 g/mol. The third-order valence-electron chi connectivity index (χ3n) is 14.9. The van der Waals surface area contributed by atoms with Crippen molar-refractivity contribution < 1.29 is 125 Å². The van der Waals surface area contributed by atoms with Gasteiger partial charge in [0.05, 0.1) is 28.6 Å². The van der Waals surface area contributed by atoms with Crippen LogP contribution < -0.4 is 24.9 Å². The van der Waals surface area contributed by atoms with Crippen LogP contribution in [0, 0.1) is 0 Å². The molecule has 1 aliphatic rings. The van der Waals surface area contributed by atoms with Crippen molar-refractivity contribution >= 4 is 83.5 Å². The fourth-order valence-electron chi connectivity index (χ4n) is 9.46. The Balaban J connectivity index is 0.000000164. The topological polar surface area (TPSA) is 275 Å². The Morgan fingerprint density at radius 2 is 0.888 bits per heavy atom. The molecule has 18 rings (SSSR count). The van der Waals surface area contributed by atoms with E-state index < -0.39 is 0 Å². The summed E-state index contributed by atoms with van der Waals surface area (Å²) < 4.78 is 9.06. The number of hydrogen-bond donors (Lipinski definition) is 0. The first-order chi connectivity index (χ1) is 44.9. The number of imidazole rings is 7. The minimum atomic E-state index is -0.153. The van der Waals surface area contributed by atoms with Gasteiger partial charge in [0.1, 0.15) is 22.9 Å². The number of amidine groups is 1. The molecule has 0 bridgehead atoms. The van der Waals surface area contributed by atoms with Crippen molar-refractivity contribution in [1.29, 1.82) is 0 Å². The first kappa shape index (κ1) is 77.1. The summed E-state index contributed by atoms with van der Waals surface area (Å²) in [7, 11) is 3.93. The normalized spacial score (nSPS) is 12.0. The number of thiazole rings is 1. The van der Waals surface area contributed by atoms with Crippen LogP contribution in [0.3, 0.4) is 0 Å². The van der Waals surface area contributed by atoms with Gasteiger partial charge in [-0.25, -0.2) is 19.9 Å². The van der Waals surface area contributed by atoms with Crippen molar-refractivity contribution in [2.45, 2.75) is 38.8 Å². The van der Waals surface area contributed by atoms with Gasteiger partial charge in [-0.05, 0) is 121 Å². The van der Waals surface area contributed by atoms with E-state index in [0.717, 1.165) is 100 Å². The van der Waals surface area contributed by atoms with E-state index in [1.54, 1.807) is 48.5 Å². The molecule has 1 aliphatic heterocycles. The molecule has 0 N–H and O–H groups in total. The molecule has 5 aromatic carbocycles. The zero-order chi connectivity index (χ0) is 63.0. The second-order valence-corrected chi connectivity index (χ2v) is 22.5. The Hall–Kier alpha value is -8.21. The molecular formula is C69H55Ir6N21OS-6. The van der Waals surface area contributed by atoms with Crippen LogP contribution in [0.2, 0.25) is 0 Å². The van der Waals surface area contributed by atoms with E-state index >= 15 is 0 Å². The standard InChI is InChI=1S/C15H11N4.C12H16N3.C11H9N4.C11H7N4.C10H6N3O.C10H6N3S.6Ir/c1-19-13-9-5-4-8-12(13)18-15(19)14-16-10-6-2-3-7-11(10)17-14;1-11(2)12(3,4)15-10(14-11)9-7-5-6-8-13-9;1-15-7-6-12-11(15)10-13-8-4-2-3-5-9(8)14-10;1-2-6-12-8(4-1)11-14-9-5-3-7-13-10(9)15-11;2*1-2-4-8-7(3-1)12-9(13-8)10-11-5-6-14-10;;;;;;/h2-9H,1H3;5-8H,1-4H3;2-7H,1H3;1-7H;2*1-6H;;;;;;/q6*-1;;;;;;. The minimum Gasteiger partial charge on any atom is -0.457 e. The van der Waals surface area contributed by atoms with Crippen molar-refractivity contribution in [2.24, 2.45) is 19.1 Å². The molecule has 0 saturated carbocycles. The molecule has 17 aromatic rings. The number of rotatable bonds is 6. The van der Waals surface area contributed by atoms with Gasteiger partial charge in [-0.1, -0.05) is 161 Å². The maximum atomic E-state index is 5.11. The van der Waals surface area contributed by atoms with E-state index in [1.807, 2.05) is 199 Å². The summed E-state index contributed by atoms with van der Waals surface area (Å²) in [5.41, 5.74) is 12.1. The molecule has 0 saturated heterocycles. The van der Waals surface area contributed by atoms with Gasteiger partial charge in [0.25, 0.3) is 0 Å². The molecule has 508 valence electrons. The fraction of sp³-hybridized carbons (Fsp3) is 0.116. The van der Waals surface area contributed by atoms with Gasteiger partial charge in [-0.3, -0.25) is 9.97 Å². The van der Waals surface area contributed by atoms with Gasteiger partial charge in [0.15, 0.2) is 0 Å². The Labute approximate surface area is 647 Å².